The van der Waals surface area contributed by atoms with E-state index < -0.39 is 10.0 Å². The fraction of sp³-hybridized carbons (Fsp3) is 0.308. The van der Waals surface area contributed by atoms with E-state index in [4.69, 9.17) is 0 Å². The van der Waals surface area contributed by atoms with Crippen molar-refractivity contribution >= 4 is 27.0 Å². The van der Waals surface area contributed by atoms with Crippen molar-refractivity contribution < 1.29 is 8.42 Å². The molecule has 0 spiro atoms. The molecule has 0 aliphatic rings. The molecule has 5 nitrogen and oxygen atoms in total. The molecule has 0 radical (unpaired) electrons. The number of hydrogen-bond acceptors (Lipinski definition) is 4. The van der Waals surface area contributed by atoms with Gasteiger partial charge in [-0.2, -0.15) is 0 Å². The number of aromatic nitrogens is 1. The van der Waals surface area contributed by atoms with Gasteiger partial charge in [-0.1, -0.05) is 17.4 Å². The lowest BCUT2D eigenvalue weighted by Crippen LogP contribution is -2.26. The number of nitrogens with zero attached hydrogens (tertiary/aromatic N) is 1. The van der Waals surface area contributed by atoms with Crippen molar-refractivity contribution in [1.82, 2.24) is 4.98 Å². The molecule has 20 heavy (non-hydrogen) atoms. The summed E-state index contributed by atoms with van der Waals surface area (Å²) >= 11 is 0.712. The van der Waals surface area contributed by atoms with Crippen LogP contribution in [0.3, 0.4) is 0 Å². The number of anilines is 1. The molecule has 0 unspecified atom stereocenters. The van der Waals surface area contributed by atoms with E-state index in [0.717, 1.165) is 11.1 Å². The van der Waals surface area contributed by atoms with Crippen molar-refractivity contribution in [3.63, 3.8) is 0 Å². The molecule has 1 N–H and O–H groups in total. The highest BCUT2D eigenvalue weighted by Gasteiger charge is 2.26. The zero-order chi connectivity index (χ0) is 15.1. The highest BCUT2D eigenvalue weighted by molar-refractivity contribution is 7.94. The first kappa shape index (κ1) is 14.8. The van der Waals surface area contributed by atoms with Crippen LogP contribution in [-0.2, 0) is 10.0 Å². The number of H-pyrrole nitrogens is 1. The molecule has 0 bridgehead atoms. The number of aromatic amines is 1. The van der Waals surface area contributed by atoms with Gasteiger partial charge in [0.25, 0.3) is 10.0 Å². The molecule has 7 heteroatoms. The van der Waals surface area contributed by atoms with Crippen LogP contribution in [0.5, 0.6) is 0 Å². The van der Waals surface area contributed by atoms with Crippen LogP contribution in [0.1, 0.15) is 16.8 Å². The van der Waals surface area contributed by atoms with Crippen LogP contribution >= 0.6 is 11.3 Å². The second-order valence-electron chi connectivity index (χ2n) is 4.75. The number of rotatable bonds is 3. The Morgan fingerprint density at radius 1 is 1.10 bits per heavy atom. The molecule has 2 aromatic rings. The Labute approximate surface area is 121 Å². The zero-order valence-electron chi connectivity index (χ0n) is 11.7. The maximum absolute atomic E-state index is 12.6. The third kappa shape index (κ3) is 2.64. The average Bonchev–Trinajstić information content (AvgIpc) is 2.67. The zero-order valence-corrected chi connectivity index (χ0v) is 13.4. The minimum atomic E-state index is -3.71. The number of benzene rings is 1. The molecule has 0 aliphatic heterocycles. The first-order valence-electron chi connectivity index (χ1n) is 5.99. The summed E-state index contributed by atoms with van der Waals surface area (Å²) in [5, 5.41) is 0. The van der Waals surface area contributed by atoms with Gasteiger partial charge in [0.15, 0.2) is 4.21 Å². The lowest BCUT2D eigenvalue weighted by atomic mass is 10.1. The van der Waals surface area contributed by atoms with E-state index in [1.807, 2.05) is 19.9 Å². The van der Waals surface area contributed by atoms with Crippen LogP contribution in [0, 0.1) is 20.8 Å². The standard InChI is InChI=1S/C13H16N2O3S2/c1-8-5-9(2)7-11(6-8)15(4)20(17,18)12-10(3)14-13(16)19-12/h5-7H,1-4H3,(H,14,16). The van der Waals surface area contributed by atoms with E-state index in [0.29, 0.717) is 22.7 Å². The van der Waals surface area contributed by atoms with Crippen LogP contribution in [0.4, 0.5) is 5.69 Å². The van der Waals surface area contributed by atoms with Gasteiger partial charge in [-0.15, -0.1) is 0 Å². The molecular weight excluding hydrogens is 296 g/mol. The van der Waals surface area contributed by atoms with Crippen LogP contribution in [0.25, 0.3) is 0 Å². The largest absolute Gasteiger partial charge is 0.315 e. The molecule has 0 saturated heterocycles. The second-order valence-corrected chi connectivity index (χ2v) is 7.89. The molecule has 0 atom stereocenters. The van der Waals surface area contributed by atoms with Gasteiger partial charge in [0.05, 0.1) is 5.69 Å². The smallest absolute Gasteiger partial charge is 0.306 e. The second kappa shape index (κ2) is 5.06. The molecule has 0 saturated carbocycles. The van der Waals surface area contributed by atoms with Crippen LogP contribution in [0.2, 0.25) is 0 Å². The molecule has 1 aromatic carbocycles. The van der Waals surface area contributed by atoms with Gasteiger partial charge < -0.3 is 4.98 Å². The summed E-state index contributed by atoms with van der Waals surface area (Å²) in [5.41, 5.74) is 2.93. The van der Waals surface area contributed by atoms with Gasteiger partial charge in [0.1, 0.15) is 0 Å². The van der Waals surface area contributed by atoms with Crippen molar-refractivity contribution in [3.8, 4) is 0 Å². The summed E-state index contributed by atoms with van der Waals surface area (Å²) < 4.78 is 26.4. The Morgan fingerprint density at radius 2 is 1.65 bits per heavy atom. The fourth-order valence-corrected chi connectivity index (χ4v) is 4.66. The minimum Gasteiger partial charge on any atom is -0.315 e. The number of sulfonamides is 1. The molecule has 108 valence electrons. The summed E-state index contributed by atoms with van der Waals surface area (Å²) in [6.45, 7) is 5.41. The van der Waals surface area contributed by atoms with Gasteiger partial charge in [-0.25, -0.2) is 8.42 Å². The van der Waals surface area contributed by atoms with E-state index in [9.17, 15) is 13.2 Å². The Balaban J connectivity index is 2.54. The molecular formula is C13H16N2O3S2. The van der Waals surface area contributed by atoms with Crippen LogP contribution in [-0.4, -0.2) is 20.4 Å². The summed E-state index contributed by atoms with van der Waals surface area (Å²) in [5.74, 6) is 0. The molecule has 1 aromatic heterocycles. The predicted molar refractivity (Wildman–Crippen MR) is 81.2 cm³/mol. The molecule has 2 rings (SSSR count). The SMILES string of the molecule is Cc1cc(C)cc(N(C)S(=O)(=O)c2sc(=O)[nH]c2C)c1. The van der Waals surface area contributed by atoms with E-state index >= 15 is 0 Å². The van der Waals surface area contributed by atoms with Gasteiger partial charge >= 0.3 is 4.87 Å². The van der Waals surface area contributed by atoms with E-state index in [1.54, 1.807) is 19.1 Å². The maximum Gasteiger partial charge on any atom is 0.306 e. The number of nitrogens with one attached hydrogen (secondary N) is 1. The third-order valence-electron chi connectivity index (χ3n) is 2.95. The van der Waals surface area contributed by atoms with Gasteiger partial charge in [0, 0.05) is 12.7 Å². The Bertz CT molecular complexity index is 783. The summed E-state index contributed by atoms with van der Waals surface area (Å²) in [4.78, 5) is 13.4. The summed E-state index contributed by atoms with van der Waals surface area (Å²) in [6, 6.07) is 5.58. The van der Waals surface area contributed by atoms with E-state index in [1.165, 1.54) is 11.4 Å². The van der Waals surface area contributed by atoms with Crippen LogP contribution < -0.4 is 9.18 Å². The highest BCUT2D eigenvalue weighted by Crippen LogP contribution is 2.26. The first-order chi connectivity index (χ1) is 9.21. The highest BCUT2D eigenvalue weighted by atomic mass is 32.2. The molecule has 1 heterocycles. The fourth-order valence-electron chi connectivity index (χ4n) is 2.03. The van der Waals surface area contributed by atoms with Crippen molar-refractivity contribution in [2.75, 3.05) is 11.4 Å². The monoisotopic (exact) mass is 312 g/mol. The number of hydrogen-bond donors (Lipinski definition) is 1. The molecule has 0 aliphatic carbocycles. The van der Waals surface area contributed by atoms with Crippen molar-refractivity contribution in [1.29, 1.82) is 0 Å². The third-order valence-corrected chi connectivity index (χ3v) is 6.31. The molecule has 0 fully saturated rings. The van der Waals surface area contributed by atoms with Gasteiger partial charge in [-0.3, -0.25) is 9.10 Å². The Hall–Kier alpha value is -1.60. The lowest BCUT2D eigenvalue weighted by molar-refractivity contribution is 0.595. The summed E-state index contributed by atoms with van der Waals surface area (Å²) in [7, 11) is -2.22. The molecule has 0 amide bonds. The Morgan fingerprint density at radius 3 is 2.10 bits per heavy atom. The van der Waals surface area contributed by atoms with Crippen LogP contribution in [0.15, 0.2) is 27.2 Å². The average molecular weight is 312 g/mol. The van der Waals surface area contributed by atoms with Gasteiger partial charge in [-0.05, 0) is 44.0 Å². The topological polar surface area (TPSA) is 70.2 Å². The minimum absolute atomic E-state index is 0.0594. The lowest BCUT2D eigenvalue weighted by Gasteiger charge is -2.19. The quantitative estimate of drug-likeness (QED) is 0.944. The first-order valence-corrected chi connectivity index (χ1v) is 8.24. The number of thiazole rings is 1. The van der Waals surface area contributed by atoms with E-state index in [2.05, 4.69) is 4.98 Å². The van der Waals surface area contributed by atoms with Gasteiger partial charge in [0.2, 0.25) is 0 Å². The summed E-state index contributed by atoms with van der Waals surface area (Å²) in [6.07, 6.45) is 0. The van der Waals surface area contributed by atoms with Crippen molar-refractivity contribution in [2.24, 2.45) is 0 Å². The maximum atomic E-state index is 12.6. The van der Waals surface area contributed by atoms with Crippen molar-refractivity contribution in [2.45, 2.75) is 25.0 Å². The Kier molecular flexibility index (Phi) is 3.75. The number of aryl methyl sites for hydroxylation is 3. The predicted octanol–water partition coefficient (Wildman–Crippen LogP) is 2.19. The van der Waals surface area contributed by atoms with Crippen molar-refractivity contribution in [3.05, 3.63) is 44.7 Å². The normalized spacial score (nSPS) is 11.6. The van der Waals surface area contributed by atoms with E-state index in [-0.39, 0.29) is 9.08 Å².